The van der Waals surface area contributed by atoms with Gasteiger partial charge in [0.05, 0.1) is 68.6 Å². The van der Waals surface area contributed by atoms with Crippen molar-refractivity contribution in [1.29, 1.82) is 0 Å². The number of methoxy groups -OCH3 is 2. The number of hydrogen-bond acceptors (Lipinski definition) is 16. The molecule has 0 aliphatic carbocycles. The number of pyridine rings is 2. The maximum atomic E-state index is 14.1. The van der Waals surface area contributed by atoms with Gasteiger partial charge in [-0.3, -0.25) is 39.3 Å². The second-order valence-electron chi connectivity index (χ2n) is 24.8. The van der Waals surface area contributed by atoms with Gasteiger partial charge in [-0.05, 0) is 174 Å². The molecule has 26 heteroatoms. The summed E-state index contributed by atoms with van der Waals surface area (Å²) >= 11 is 7.10. The Morgan fingerprint density at radius 2 is 0.875 bits per heavy atom. The number of nitrogens with one attached hydrogen (secondary N) is 4. The number of aryl methyl sites for hydroxylation is 1. The van der Waals surface area contributed by atoms with Crippen LogP contribution < -0.4 is 41.9 Å². The minimum absolute atomic E-state index is 0.0278. The van der Waals surface area contributed by atoms with E-state index in [1.165, 1.54) is 13.8 Å². The Morgan fingerprint density at radius 3 is 1.28 bits per heavy atom. The Labute approximate surface area is 614 Å². The predicted octanol–water partition coefficient (Wildman–Crippen LogP) is 11.8. The minimum Gasteiger partial charge on any atom is -0.497 e. The fourth-order valence-electron chi connectivity index (χ4n) is 11.8. The van der Waals surface area contributed by atoms with Crippen LogP contribution >= 0.6 is 31.9 Å². The summed E-state index contributed by atoms with van der Waals surface area (Å²) in [6, 6.07) is 54.7. The van der Waals surface area contributed by atoms with Gasteiger partial charge in [-0.2, -0.15) is 0 Å². The fraction of sp³-hybridized carbons (Fsp3) is 0.205. The standard InChI is InChI=1S/C39H37BrN6O8.C39H37BrN6O4/c1-24-32(40)21-45(20-26-10-15-31(52-2)16-11-26)39(49)37(24)42-38(48)33(41-36(47)19-27-7-12-28-5-3-4-6-29(28)17-27)18-25-8-13-30(14-9-25)46-35(23-54-51)34(22-53-50)43-44-46;1-24-34(40)23-45(22-28-12-17-33(50-4)18-13-28)39(49)37(24)42-38(48)35(20-27-10-15-32(16-11-27)46-26(3)25(2)43-44-46)41-36(47)21-29-9-14-30-7-5-6-8-31(30)19-29/h3-17,21,33,50-51H,18-20,22-23H2,1-2H3,(H,41,47)(H,42,48);5-19,23,35H,20-22H2,1-4H3,(H,41,47)(H,42,48)/t33-;35-/m00/s1. The maximum absolute atomic E-state index is 14.1. The highest BCUT2D eigenvalue weighted by molar-refractivity contribution is 9.10. The predicted molar refractivity (Wildman–Crippen MR) is 401 cm³/mol. The van der Waals surface area contributed by atoms with E-state index < -0.39 is 29.5 Å². The molecule has 2 atom stereocenters. The van der Waals surface area contributed by atoms with Crippen LogP contribution in [0.25, 0.3) is 32.9 Å². The van der Waals surface area contributed by atoms with E-state index >= 15 is 0 Å². The van der Waals surface area contributed by atoms with Crippen molar-refractivity contribution >= 4 is 88.4 Å². The summed E-state index contributed by atoms with van der Waals surface area (Å²) in [6.07, 6.45) is 3.77. The monoisotopic (exact) mass is 1530 g/mol. The summed E-state index contributed by atoms with van der Waals surface area (Å²) < 4.78 is 18.0. The summed E-state index contributed by atoms with van der Waals surface area (Å²) in [4.78, 5) is 91.2. The third-order valence-electron chi connectivity index (χ3n) is 17.7. The zero-order valence-electron chi connectivity index (χ0n) is 57.6. The van der Waals surface area contributed by atoms with Gasteiger partial charge >= 0.3 is 0 Å². The van der Waals surface area contributed by atoms with Crippen LogP contribution in [0.15, 0.2) is 213 Å². The summed E-state index contributed by atoms with van der Waals surface area (Å²) in [5.74, 6) is -0.362. The molecule has 0 aliphatic rings. The molecule has 12 aromatic rings. The van der Waals surface area contributed by atoms with E-state index in [0.29, 0.717) is 48.5 Å². The van der Waals surface area contributed by atoms with Crippen LogP contribution in [0.4, 0.5) is 11.4 Å². The molecular formula is C78H74Br2N12O12. The molecule has 0 radical (unpaired) electrons. The van der Waals surface area contributed by atoms with Gasteiger partial charge in [-0.25, -0.2) is 19.1 Å². The van der Waals surface area contributed by atoms with Gasteiger partial charge in [-0.1, -0.05) is 144 Å². The molecule has 12 rings (SSSR count). The van der Waals surface area contributed by atoms with E-state index in [1.807, 2.05) is 172 Å². The molecule has 0 aliphatic heterocycles. The Balaban J connectivity index is 0.000000209. The summed E-state index contributed by atoms with van der Waals surface area (Å²) in [7, 11) is 3.18. The van der Waals surface area contributed by atoms with Crippen LogP contribution in [0.2, 0.25) is 0 Å². The van der Waals surface area contributed by atoms with Crippen molar-refractivity contribution in [3.05, 3.63) is 291 Å². The van der Waals surface area contributed by atoms with E-state index in [0.717, 1.165) is 66.4 Å². The fourth-order valence-corrected chi connectivity index (χ4v) is 12.7. The van der Waals surface area contributed by atoms with Crippen molar-refractivity contribution in [2.45, 2.75) is 91.8 Å². The lowest BCUT2D eigenvalue weighted by molar-refractivity contribution is -0.259. The molecule has 0 bridgehead atoms. The highest BCUT2D eigenvalue weighted by Crippen LogP contribution is 2.27. The highest BCUT2D eigenvalue weighted by Gasteiger charge is 2.28. The molecule has 532 valence electrons. The van der Waals surface area contributed by atoms with Crippen LogP contribution in [0.1, 0.15) is 67.3 Å². The minimum atomic E-state index is -1.07. The van der Waals surface area contributed by atoms with E-state index in [-0.39, 0.29) is 86.4 Å². The molecule has 0 unspecified atom stereocenters. The Kier molecular flexibility index (Phi) is 24.3. The molecule has 8 aromatic carbocycles. The van der Waals surface area contributed by atoms with E-state index in [9.17, 15) is 28.8 Å². The van der Waals surface area contributed by atoms with Gasteiger partial charge in [-0.15, -0.1) is 10.2 Å². The summed E-state index contributed by atoms with van der Waals surface area (Å²) in [6.45, 7) is 7.33. The molecule has 0 saturated carbocycles. The molecule has 104 heavy (non-hydrogen) atoms. The number of hydrogen-bond donors (Lipinski definition) is 6. The number of anilines is 2. The first-order valence-electron chi connectivity index (χ1n) is 33.0. The molecular weight excluding hydrogens is 1460 g/mol. The first-order valence-corrected chi connectivity index (χ1v) is 34.6. The highest BCUT2D eigenvalue weighted by atomic mass is 79.9. The lowest BCUT2D eigenvalue weighted by atomic mass is 10.0. The van der Waals surface area contributed by atoms with Gasteiger partial charge in [0.15, 0.2) is 0 Å². The molecule has 4 heterocycles. The van der Waals surface area contributed by atoms with Gasteiger partial charge in [0.25, 0.3) is 11.1 Å². The number of ether oxygens (including phenoxy) is 2. The molecule has 4 amide bonds. The largest absolute Gasteiger partial charge is 0.497 e. The van der Waals surface area contributed by atoms with Crippen molar-refractivity contribution in [2.24, 2.45) is 0 Å². The number of carbonyl (C=O) groups is 4. The number of benzene rings is 8. The molecule has 0 spiro atoms. The molecule has 6 N–H and O–H groups in total. The Hall–Kier alpha value is -11.3. The van der Waals surface area contributed by atoms with Crippen molar-refractivity contribution in [3.63, 3.8) is 0 Å². The molecule has 24 nitrogen and oxygen atoms in total. The van der Waals surface area contributed by atoms with Crippen molar-refractivity contribution in [2.75, 3.05) is 24.9 Å². The SMILES string of the molecule is COc1ccc(Cn2cc(Br)c(C)c(NC(=O)[C@H](Cc3ccc(-n4nnc(C)c4C)cc3)NC(=O)Cc3ccc4ccccc4c3)c2=O)cc1.COc1ccc(Cn2cc(Br)c(C)c(NC(=O)[C@H](Cc3ccc(-n4nnc(COO)c4COO)cc3)NC(=O)Cc3ccc4ccccc4c3)c2=O)cc1. The second kappa shape index (κ2) is 34.1. The summed E-state index contributed by atoms with van der Waals surface area (Å²) in [5.41, 5.74) is 9.16. The van der Waals surface area contributed by atoms with Crippen LogP contribution in [-0.4, -0.2) is 99.6 Å². The number of carbonyl (C=O) groups excluding carboxylic acids is 4. The topological polar surface area (TPSA) is 299 Å². The third kappa shape index (κ3) is 18.1. The van der Waals surface area contributed by atoms with E-state index in [2.05, 4.69) is 83.5 Å². The van der Waals surface area contributed by atoms with Crippen LogP contribution in [-0.2, 0) is 80.9 Å². The van der Waals surface area contributed by atoms with Crippen molar-refractivity contribution in [3.8, 4) is 22.9 Å². The van der Waals surface area contributed by atoms with Gasteiger partial charge in [0.1, 0.15) is 53.9 Å². The second-order valence-corrected chi connectivity index (χ2v) is 26.5. The normalized spacial score (nSPS) is 11.7. The molecule has 0 fully saturated rings. The zero-order valence-corrected chi connectivity index (χ0v) is 60.8. The van der Waals surface area contributed by atoms with Gasteiger partial charge in [0.2, 0.25) is 23.6 Å². The Bertz CT molecular complexity index is 5220. The number of aromatic nitrogens is 8. The smallest absolute Gasteiger partial charge is 0.274 e. The first-order chi connectivity index (χ1) is 50.3. The quantitative estimate of drug-likeness (QED) is 0.0217. The van der Waals surface area contributed by atoms with Gasteiger partial charge in [0, 0.05) is 34.2 Å². The van der Waals surface area contributed by atoms with Crippen molar-refractivity contribution < 1.29 is 48.9 Å². The Morgan fingerprint density at radius 1 is 0.481 bits per heavy atom. The average Bonchev–Trinajstić information content (AvgIpc) is 1.39. The van der Waals surface area contributed by atoms with Gasteiger partial charge < -0.3 is 39.9 Å². The average molecular weight is 1530 g/mol. The number of halogens is 2. The maximum Gasteiger partial charge on any atom is 0.274 e. The van der Waals surface area contributed by atoms with Crippen LogP contribution in [0.5, 0.6) is 11.5 Å². The van der Waals surface area contributed by atoms with E-state index in [1.54, 1.807) is 69.4 Å². The zero-order chi connectivity index (χ0) is 73.6. The lowest BCUT2D eigenvalue weighted by Crippen LogP contribution is -2.46. The number of nitrogens with zero attached hydrogens (tertiary/aromatic N) is 8. The molecule has 4 aromatic heterocycles. The van der Waals surface area contributed by atoms with Crippen molar-refractivity contribution in [1.82, 2.24) is 49.8 Å². The molecule has 0 saturated heterocycles. The first kappa shape index (κ1) is 73.9. The number of amides is 4. The van der Waals surface area contributed by atoms with E-state index in [4.69, 9.17) is 20.0 Å². The summed E-state index contributed by atoms with van der Waals surface area (Å²) in [5, 5.41) is 50.1. The third-order valence-corrected chi connectivity index (χ3v) is 19.3. The number of rotatable bonds is 26. The van der Waals surface area contributed by atoms with Crippen LogP contribution in [0.3, 0.4) is 0 Å². The number of fused-ring (bicyclic) bond motifs is 2. The lowest BCUT2D eigenvalue weighted by Gasteiger charge is -2.20. The van der Waals surface area contributed by atoms with Crippen LogP contribution in [0, 0.1) is 27.7 Å².